The summed E-state index contributed by atoms with van der Waals surface area (Å²) < 4.78 is 4.89. The number of H-pyrrole nitrogens is 1. The maximum atomic E-state index is 11.9. The fourth-order valence-electron chi connectivity index (χ4n) is 1.48. The van der Waals surface area contributed by atoms with Gasteiger partial charge in [-0.05, 0) is 43.0 Å². The van der Waals surface area contributed by atoms with Crippen LogP contribution in [-0.4, -0.2) is 27.8 Å². The second-order valence-electron chi connectivity index (χ2n) is 3.67. The van der Waals surface area contributed by atoms with Crippen molar-refractivity contribution in [1.82, 2.24) is 9.97 Å². The molecule has 2 N–H and O–H groups in total. The van der Waals surface area contributed by atoms with E-state index in [0.29, 0.717) is 10.7 Å². The first-order valence-corrected chi connectivity index (χ1v) is 6.76. The highest BCUT2D eigenvalue weighted by molar-refractivity contribution is 8.13. The van der Waals surface area contributed by atoms with E-state index in [1.165, 1.54) is 6.20 Å². The lowest BCUT2D eigenvalue weighted by molar-refractivity contribution is 0.0521. The highest BCUT2D eigenvalue weighted by Crippen LogP contribution is 2.20. The Morgan fingerprint density at radius 1 is 1.40 bits per heavy atom. The first kappa shape index (κ1) is 14.1. The topological polar surface area (TPSA) is 84.1 Å². The third-order valence-corrected chi connectivity index (χ3v) is 3.05. The summed E-state index contributed by atoms with van der Waals surface area (Å²) in [5.74, 6) is -0.562. The molecule has 6 nitrogen and oxygen atoms in total. The summed E-state index contributed by atoms with van der Waals surface area (Å²) in [4.78, 5) is 30.4. The number of nitrogens with zero attached hydrogens (tertiary/aromatic N) is 1. The van der Waals surface area contributed by atoms with Crippen LogP contribution in [0.4, 0.5) is 10.5 Å². The second kappa shape index (κ2) is 6.76. The van der Waals surface area contributed by atoms with Gasteiger partial charge in [0, 0.05) is 12.4 Å². The maximum absolute atomic E-state index is 11.9. The van der Waals surface area contributed by atoms with Crippen molar-refractivity contribution in [3.05, 3.63) is 42.4 Å². The van der Waals surface area contributed by atoms with Gasteiger partial charge in [-0.25, -0.2) is 9.78 Å². The summed E-state index contributed by atoms with van der Waals surface area (Å²) in [6, 6.07) is 6.81. The van der Waals surface area contributed by atoms with Crippen molar-refractivity contribution in [3.63, 3.8) is 0 Å². The molecule has 0 fully saturated rings. The number of esters is 1. The van der Waals surface area contributed by atoms with Crippen LogP contribution in [0, 0.1) is 0 Å². The standard InChI is InChI=1S/C13H13N3O3S/c1-2-19-12(17)11-9(5-3-8-15-11)16-13(18)20-10-6-4-7-14-10/h3-8,14H,2H2,1H3,(H,16,18). The van der Waals surface area contributed by atoms with E-state index in [2.05, 4.69) is 15.3 Å². The largest absolute Gasteiger partial charge is 0.461 e. The van der Waals surface area contributed by atoms with Gasteiger partial charge in [-0.15, -0.1) is 0 Å². The van der Waals surface area contributed by atoms with E-state index in [4.69, 9.17) is 4.74 Å². The lowest BCUT2D eigenvalue weighted by Gasteiger charge is -2.08. The maximum Gasteiger partial charge on any atom is 0.359 e. The molecule has 0 saturated carbocycles. The number of hydrogen-bond donors (Lipinski definition) is 2. The molecule has 0 aliphatic rings. The van der Waals surface area contributed by atoms with Crippen LogP contribution in [0.25, 0.3) is 0 Å². The van der Waals surface area contributed by atoms with Crippen molar-refractivity contribution in [2.24, 2.45) is 0 Å². The van der Waals surface area contributed by atoms with Crippen LogP contribution in [0.5, 0.6) is 0 Å². The zero-order valence-electron chi connectivity index (χ0n) is 10.8. The monoisotopic (exact) mass is 291 g/mol. The molecule has 2 heterocycles. The first-order chi connectivity index (χ1) is 9.70. The highest BCUT2D eigenvalue weighted by Gasteiger charge is 2.16. The quantitative estimate of drug-likeness (QED) is 0.668. The van der Waals surface area contributed by atoms with E-state index in [0.717, 1.165) is 11.8 Å². The molecule has 7 heteroatoms. The molecule has 2 aromatic heterocycles. The summed E-state index contributed by atoms with van der Waals surface area (Å²) in [6.07, 6.45) is 3.20. The number of aromatic nitrogens is 2. The van der Waals surface area contributed by atoms with Crippen LogP contribution in [0.3, 0.4) is 0 Å². The number of carbonyl (C=O) groups is 2. The number of hydrogen-bond acceptors (Lipinski definition) is 5. The van der Waals surface area contributed by atoms with Gasteiger partial charge in [-0.3, -0.25) is 4.79 Å². The number of thioether (sulfide) groups is 1. The van der Waals surface area contributed by atoms with Gasteiger partial charge in [0.2, 0.25) is 0 Å². The Bertz CT molecular complexity index is 599. The molecule has 0 aliphatic heterocycles. The smallest absolute Gasteiger partial charge is 0.359 e. The third-order valence-electron chi connectivity index (χ3n) is 2.29. The molecule has 0 aliphatic carbocycles. The second-order valence-corrected chi connectivity index (χ2v) is 4.68. The fourth-order valence-corrected chi connectivity index (χ4v) is 2.12. The molecule has 0 spiro atoms. The lowest BCUT2D eigenvalue weighted by atomic mass is 10.3. The van der Waals surface area contributed by atoms with Crippen LogP contribution in [0.2, 0.25) is 0 Å². The van der Waals surface area contributed by atoms with Crippen LogP contribution >= 0.6 is 11.8 Å². The molecule has 0 aromatic carbocycles. The Morgan fingerprint density at radius 2 is 2.25 bits per heavy atom. The van der Waals surface area contributed by atoms with E-state index < -0.39 is 5.97 Å². The van der Waals surface area contributed by atoms with E-state index in [9.17, 15) is 9.59 Å². The third kappa shape index (κ3) is 3.61. The van der Waals surface area contributed by atoms with Crippen molar-refractivity contribution >= 4 is 28.7 Å². The minimum absolute atomic E-state index is 0.0924. The van der Waals surface area contributed by atoms with Gasteiger partial charge < -0.3 is 15.0 Å². The van der Waals surface area contributed by atoms with Gasteiger partial charge in [0.05, 0.1) is 17.3 Å². The molecule has 0 radical (unpaired) electrons. The van der Waals surface area contributed by atoms with Crippen LogP contribution < -0.4 is 5.32 Å². The van der Waals surface area contributed by atoms with E-state index in [-0.39, 0.29) is 17.5 Å². The van der Waals surface area contributed by atoms with Crippen molar-refractivity contribution < 1.29 is 14.3 Å². The van der Waals surface area contributed by atoms with Gasteiger partial charge >= 0.3 is 5.97 Å². The molecule has 1 amide bonds. The summed E-state index contributed by atoms with van der Waals surface area (Å²) in [5.41, 5.74) is 0.421. The molecule has 2 aromatic rings. The number of anilines is 1. The van der Waals surface area contributed by atoms with Crippen molar-refractivity contribution in [2.75, 3.05) is 11.9 Å². The molecule has 0 saturated heterocycles. The number of rotatable bonds is 4. The predicted octanol–water partition coefficient (Wildman–Crippen LogP) is 2.91. The average Bonchev–Trinajstić information content (AvgIpc) is 2.92. The molecule has 0 unspecified atom stereocenters. The minimum atomic E-state index is -0.562. The number of amides is 1. The van der Waals surface area contributed by atoms with Crippen molar-refractivity contribution in [2.45, 2.75) is 11.9 Å². The SMILES string of the molecule is CCOC(=O)c1ncccc1NC(=O)Sc1ccc[nH]1. The number of pyridine rings is 1. The van der Waals surface area contributed by atoms with Crippen molar-refractivity contribution in [1.29, 1.82) is 0 Å². The van der Waals surface area contributed by atoms with Crippen LogP contribution in [-0.2, 0) is 4.74 Å². The van der Waals surface area contributed by atoms with E-state index in [1.807, 2.05) is 0 Å². The Labute approximate surface area is 119 Å². The molecule has 104 valence electrons. The van der Waals surface area contributed by atoms with Crippen LogP contribution in [0.15, 0.2) is 41.7 Å². The number of aromatic amines is 1. The summed E-state index contributed by atoms with van der Waals surface area (Å²) in [7, 11) is 0. The van der Waals surface area contributed by atoms with Gasteiger partial charge in [0.25, 0.3) is 5.24 Å². The van der Waals surface area contributed by atoms with Gasteiger partial charge in [0.1, 0.15) is 0 Å². The Balaban J connectivity index is 2.09. The predicted molar refractivity (Wildman–Crippen MR) is 75.9 cm³/mol. The average molecular weight is 291 g/mol. The normalized spacial score (nSPS) is 10.1. The molecular weight excluding hydrogens is 278 g/mol. The van der Waals surface area contributed by atoms with Crippen LogP contribution in [0.1, 0.15) is 17.4 Å². The van der Waals surface area contributed by atoms with Gasteiger partial charge in [-0.1, -0.05) is 0 Å². The van der Waals surface area contributed by atoms with Gasteiger partial charge in [-0.2, -0.15) is 0 Å². The fraction of sp³-hybridized carbons (Fsp3) is 0.154. The summed E-state index contributed by atoms with van der Waals surface area (Å²) in [6.45, 7) is 1.96. The Kier molecular flexibility index (Phi) is 4.78. The molecule has 0 atom stereocenters. The van der Waals surface area contributed by atoms with E-state index >= 15 is 0 Å². The number of nitrogens with one attached hydrogen (secondary N) is 2. The Morgan fingerprint density at radius 3 is 2.95 bits per heavy atom. The molecule has 20 heavy (non-hydrogen) atoms. The Hall–Kier alpha value is -2.28. The zero-order chi connectivity index (χ0) is 14.4. The molecule has 0 bridgehead atoms. The number of ether oxygens (including phenoxy) is 1. The molecular formula is C13H13N3O3S. The van der Waals surface area contributed by atoms with Crippen molar-refractivity contribution in [3.8, 4) is 0 Å². The molecule has 2 rings (SSSR count). The highest BCUT2D eigenvalue weighted by atomic mass is 32.2. The zero-order valence-corrected chi connectivity index (χ0v) is 11.6. The summed E-state index contributed by atoms with van der Waals surface area (Å²) in [5, 5.41) is 3.03. The van der Waals surface area contributed by atoms with E-state index in [1.54, 1.807) is 37.4 Å². The summed E-state index contributed by atoms with van der Waals surface area (Å²) >= 11 is 0.993. The minimum Gasteiger partial charge on any atom is -0.461 e. The van der Waals surface area contributed by atoms with Gasteiger partial charge in [0.15, 0.2) is 5.69 Å². The number of carbonyl (C=O) groups excluding carboxylic acids is 2. The lowest BCUT2D eigenvalue weighted by Crippen LogP contribution is -2.13. The first-order valence-electron chi connectivity index (χ1n) is 5.95.